The maximum Gasteiger partial charge on any atom is 0.123 e. The predicted octanol–water partition coefficient (Wildman–Crippen LogP) is 2.71. The lowest BCUT2D eigenvalue weighted by Crippen LogP contribution is -2.16. The maximum absolute atomic E-state index is 9.85. The van der Waals surface area contributed by atoms with Crippen LogP contribution in [0.1, 0.15) is 11.1 Å². The van der Waals surface area contributed by atoms with Crippen molar-refractivity contribution < 1.29 is 14.9 Å². The number of hydrogen-bond acceptors (Lipinski definition) is 4. The summed E-state index contributed by atoms with van der Waals surface area (Å²) in [6.45, 7) is 0.170. The molecule has 4 heteroatoms. The van der Waals surface area contributed by atoms with Crippen LogP contribution in [0.5, 0.6) is 5.75 Å². The maximum atomic E-state index is 9.85. The van der Waals surface area contributed by atoms with Crippen molar-refractivity contribution in [2.75, 3.05) is 6.61 Å². The minimum atomic E-state index is -0.820. The van der Waals surface area contributed by atoms with Crippen LogP contribution in [-0.2, 0) is 13.0 Å². The summed E-state index contributed by atoms with van der Waals surface area (Å²) in [7, 11) is 0. The van der Waals surface area contributed by atoms with Crippen LogP contribution in [0.2, 0.25) is 0 Å². The van der Waals surface area contributed by atoms with E-state index < -0.39 is 6.10 Å². The Labute approximate surface area is 135 Å². The number of benzene rings is 2. The SMILES string of the molecule is OCC(O)Cc1c(OCc2ccccc2)ccc2ncccc12. The van der Waals surface area contributed by atoms with E-state index in [1.54, 1.807) is 6.20 Å². The van der Waals surface area contributed by atoms with Crippen molar-refractivity contribution in [2.45, 2.75) is 19.1 Å². The van der Waals surface area contributed by atoms with Crippen molar-refractivity contribution in [3.63, 3.8) is 0 Å². The standard InChI is InChI=1S/C19H19NO3/c21-12-15(22)11-17-16-7-4-10-20-18(16)8-9-19(17)23-13-14-5-2-1-3-6-14/h1-10,15,21-22H,11-13H2. The molecular weight excluding hydrogens is 290 g/mol. The second-order valence-electron chi connectivity index (χ2n) is 5.43. The van der Waals surface area contributed by atoms with Gasteiger partial charge in [0.15, 0.2) is 0 Å². The molecule has 0 spiro atoms. The van der Waals surface area contributed by atoms with Crippen molar-refractivity contribution >= 4 is 10.9 Å². The minimum Gasteiger partial charge on any atom is -0.489 e. The third kappa shape index (κ3) is 3.67. The Morgan fingerprint density at radius 1 is 1.00 bits per heavy atom. The van der Waals surface area contributed by atoms with Gasteiger partial charge >= 0.3 is 0 Å². The van der Waals surface area contributed by atoms with Crippen LogP contribution in [0, 0.1) is 0 Å². The molecule has 0 saturated heterocycles. The summed E-state index contributed by atoms with van der Waals surface area (Å²) in [4.78, 5) is 4.33. The minimum absolute atomic E-state index is 0.283. The Morgan fingerprint density at radius 3 is 2.61 bits per heavy atom. The zero-order valence-corrected chi connectivity index (χ0v) is 12.7. The van der Waals surface area contributed by atoms with Gasteiger partial charge in [-0.05, 0) is 23.8 Å². The lowest BCUT2D eigenvalue weighted by molar-refractivity contribution is 0.0950. The van der Waals surface area contributed by atoms with Gasteiger partial charge < -0.3 is 14.9 Å². The molecule has 4 nitrogen and oxygen atoms in total. The monoisotopic (exact) mass is 309 g/mol. The quantitative estimate of drug-likeness (QED) is 0.735. The summed E-state index contributed by atoms with van der Waals surface area (Å²) < 4.78 is 5.96. The number of nitrogens with zero attached hydrogens (tertiary/aromatic N) is 1. The molecule has 3 aromatic rings. The Kier molecular flexibility index (Phi) is 4.86. The van der Waals surface area contributed by atoms with E-state index in [-0.39, 0.29) is 6.61 Å². The number of pyridine rings is 1. The Balaban J connectivity index is 1.93. The number of aliphatic hydroxyl groups is 2. The molecule has 23 heavy (non-hydrogen) atoms. The first-order valence-electron chi connectivity index (χ1n) is 7.60. The molecule has 0 aliphatic carbocycles. The van der Waals surface area contributed by atoms with E-state index >= 15 is 0 Å². The molecule has 1 unspecified atom stereocenters. The van der Waals surface area contributed by atoms with Crippen LogP contribution < -0.4 is 4.74 Å². The van der Waals surface area contributed by atoms with E-state index in [2.05, 4.69) is 4.98 Å². The average molecular weight is 309 g/mol. The van der Waals surface area contributed by atoms with Gasteiger partial charge in [0, 0.05) is 23.6 Å². The third-order valence-electron chi connectivity index (χ3n) is 3.74. The summed E-state index contributed by atoms with van der Waals surface area (Å²) in [5, 5.41) is 20.0. The number of rotatable bonds is 6. The van der Waals surface area contributed by atoms with Gasteiger partial charge in [-0.2, -0.15) is 0 Å². The molecule has 118 valence electrons. The Morgan fingerprint density at radius 2 is 1.83 bits per heavy atom. The average Bonchev–Trinajstić information content (AvgIpc) is 2.61. The normalized spacial score (nSPS) is 12.3. The highest BCUT2D eigenvalue weighted by Crippen LogP contribution is 2.29. The lowest BCUT2D eigenvalue weighted by atomic mass is 10.0. The molecule has 2 N–H and O–H groups in total. The van der Waals surface area contributed by atoms with Crippen molar-refractivity contribution in [3.05, 3.63) is 71.9 Å². The topological polar surface area (TPSA) is 62.6 Å². The van der Waals surface area contributed by atoms with Gasteiger partial charge in [0.1, 0.15) is 12.4 Å². The number of ether oxygens (including phenoxy) is 1. The summed E-state index contributed by atoms with van der Waals surface area (Å²) in [5.41, 5.74) is 2.79. The molecule has 0 saturated carbocycles. The molecule has 2 aromatic carbocycles. The van der Waals surface area contributed by atoms with Crippen molar-refractivity contribution in [1.29, 1.82) is 0 Å². The first-order valence-corrected chi connectivity index (χ1v) is 7.60. The molecule has 0 bridgehead atoms. The van der Waals surface area contributed by atoms with Crippen molar-refractivity contribution in [2.24, 2.45) is 0 Å². The van der Waals surface area contributed by atoms with Gasteiger partial charge in [0.25, 0.3) is 0 Å². The molecule has 1 aromatic heterocycles. The predicted molar refractivity (Wildman–Crippen MR) is 89.3 cm³/mol. The summed E-state index contributed by atoms with van der Waals surface area (Å²) in [6, 6.07) is 17.5. The van der Waals surface area contributed by atoms with Gasteiger partial charge in [0.05, 0.1) is 18.2 Å². The van der Waals surface area contributed by atoms with Gasteiger partial charge in [-0.1, -0.05) is 36.4 Å². The largest absolute Gasteiger partial charge is 0.489 e. The van der Waals surface area contributed by atoms with Crippen LogP contribution in [0.25, 0.3) is 10.9 Å². The summed E-state index contributed by atoms with van der Waals surface area (Å²) in [6.07, 6.45) is 1.24. The van der Waals surface area contributed by atoms with E-state index in [1.165, 1.54) is 0 Å². The van der Waals surface area contributed by atoms with E-state index in [1.807, 2.05) is 54.6 Å². The van der Waals surface area contributed by atoms with Gasteiger partial charge in [-0.3, -0.25) is 4.98 Å². The number of fused-ring (bicyclic) bond motifs is 1. The highest BCUT2D eigenvalue weighted by molar-refractivity contribution is 5.84. The van der Waals surface area contributed by atoms with Crippen molar-refractivity contribution in [1.82, 2.24) is 4.98 Å². The number of aromatic nitrogens is 1. The van der Waals surface area contributed by atoms with Crippen LogP contribution in [0.15, 0.2) is 60.8 Å². The highest BCUT2D eigenvalue weighted by atomic mass is 16.5. The third-order valence-corrected chi connectivity index (χ3v) is 3.74. The van der Waals surface area contributed by atoms with E-state index in [4.69, 9.17) is 9.84 Å². The van der Waals surface area contributed by atoms with Gasteiger partial charge in [-0.15, -0.1) is 0 Å². The Bertz CT molecular complexity index is 774. The smallest absolute Gasteiger partial charge is 0.123 e. The number of hydrogen-bond donors (Lipinski definition) is 2. The second-order valence-corrected chi connectivity index (χ2v) is 5.43. The van der Waals surface area contributed by atoms with E-state index in [0.717, 1.165) is 22.0 Å². The first kappa shape index (κ1) is 15.5. The Hall–Kier alpha value is -2.43. The summed E-state index contributed by atoms with van der Waals surface area (Å²) in [5.74, 6) is 0.710. The lowest BCUT2D eigenvalue weighted by Gasteiger charge is -2.16. The molecular formula is C19H19NO3. The van der Waals surface area contributed by atoms with Crippen LogP contribution in [0.4, 0.5) is 0 Å². The molecule has 3 rings (SSSR count). The molecule has 0 amide bonds. The molecule has 1 atom stereocenters. The molecule has 0 aliphatic rings. The molecule has 1 heterocycles. The van der Waals surface area contributed by atoms with Crippen LogP contribution in [0.3, 0.4) is 0 Å². The van der Waals surface area contributed by atoms with E-state index in [9.17, 15) is 5.11 Å². The fourth-order valence-corrected chi connectivity index (χ4v) is 2.57. The highest BCUT2D eigenvalue weighted by Gasteiger charge is 2.14. The second kappa shape index (κ2) is 7.22. The zero-order chi connectivity index (χ0) is 16.1. The number of aliphatic hydroxyl groups excluding tert-OH is 2. The zero-order valence-electron chi connectivity index (χ0n) is 12.7. The van der Waals surface area contributed by atoms with Crippen LogP contribution in [-0.4, -0.2) is 27.9 Å². The first-order chi connectivity index (χ1) is 11.3. The van der Waals surface area contributed by atoms with Gasteiger partial charge in [0.2, 0.25) is 0 Å². The fraction of sp³-hybridized carbons (Fsp3) is 0.211. The van der Waals surface area contributed by atoms with Gasteiger partial charge in [-0.25, -0.2) is 0 Å². The molecule has 0 radical (unpaired) electrons. The van der Waals surface area contributed by atoms with Crippen molar-refractivity contribution in [3.8, 4) is 5.75 Å². The van der Waals surface area contributed by atoms with E-state index in [0.29, 0.717) is 18.8 Å². The molecule has 0 aliphatic heterocycles. The van der Waals surface area contributed by atoms with Crippen LogP contribution >= 0.6 is 0 Å². The fourth-order valence-electron chi connectivity index (χ4n) is 2.57. The summed E-state index contributed by atoms with van der Waals surface area (Å²) >= 11 is 0. The molecule has 0 fully saturated rings.